The van der Waals surface area contributed by atoms with Gasteiger partial charge in [0.15, 0.2) is 0 Å². The van der Waals surface area contributed by atoms with Crippen molar-refractivity contribution in [1.29, 1.82) is 0 Å². The predicted octanol–water partition coefficient (Wildman–Crippen LogP) is 4.18. The molecule has 1 aromatic carbocycles. The molecule has 0 spiro atoms. The van der Waals surface area contributed by atoms with Gasteiger partial charge in [-0.2, -0.15) is 5.10 Å². The lowest BCUT2D eigenvalue weighted by Gasteiger charge is -2.13. The highest BCUT2D eigenvalue weighted by atomic mass is 35.5. The molecule has 0 radical (unpaired) electrons. The first kappa shape index (κ1) is 16.6. The number of carbonyl (C=O) groups excluding carboxylic acids is 1. The molecule has 1 amide bonds. The van der Waals surface area contributed by atoms with Crippen molar-refractivity contribution in [2.75, 3.05) is 6.54 Å². The average molecular weight is 320 g/mol. The van der Waals surface area contributed by atoms with Gasteiger partial charge in [0.2, 0.25) is 0 Å². The molecule has 0 aliphatic carbocycles. The monoisotopic (exact) mass is 319 g/mol. The molecular formula is C17H22ClN3O. The fourth-order valence-corrected chi connectivity index (χ4v) is 2.56. The van der Waals surface area contributed by atoms with Crippen LogP contribution in [0.5, 0.6) is 0 Å². The highest BCUT2D eigenvalue weighted by Gasteiger charge is 2.20. The lowest BCUT2D eigenvalue weighted by atomic mass is 10.0. The second kappa shape index (κ2) is 7.45. The minimum absolute atomic E-state index is 0.0644. The van der Waals surface area contributed by atoms with Crippen molar-refractivity contribution in [3.05, 3.63) is 46.7 Å². The Hall–Kier alpha value is -1.81. The molecule has 0 aliphatic heterocycles. The Bertz CT molecular complexity index is 649. The van der Waals surface area contributed by atoms with Gasteiger partial charge < -0.3 is 5.32 Å². The second-order valence-corrected chi connectivity index (χ2v) is 6.04. The SMILES string of the molecule is CCCCNC(=O)c1cnn(-c2cccc(Cl)c2)c1C(C)C. The minimum atomic E-state index is -0.0644. The lowest BCUT2D eigenvalue weighted by molar-refractivity contribution is 0.0952. The minimum Gasteiger partial charge on any atom is -0.352 e. The maximum absolute atomic E-state index is 12.4. The summed E-state index contributed by atoms with van der Waals surface area (Å²) in [6.07, 6.45) is 3.67. The van der Waals surface area contributed by atoms with Crippen LogP contribution in [0.3, 0.4) is 0 Å². The van der Waals surface area contributed by atoms with Crippen molar-refractivity contribution in [2.24, 2.45) is 0 Å². The predicted molar refractivity (Wildman–Crippen MR) is 89.9 cm³/mol. The molecule has 0 bridgehead atoms. The fraction of sp³-hybridized carbons (Fsp3) is 0.412. The number of benzene rings is 1. The van der Waals surface area contributed by atoms with Gasteiger partial charge >= 0.3 is 0 Å². The molecule has 4 nitrogen and oxygen atoms in total. The molecule has 0 saturated carbocycles. The second-order valence-electron chi connectivity index (χ2n) is 5.60. The van der Waals surface area contributed by atoms with E-state index in [1.807, 2.05) is 24.3 Å². The Morgan fingerprint density at radius 1 is 1.41 bits per heavy atom. The molecule has 0 fully saturated rings. The largest absolute Gasteiger partial charge is 0.352 e. The summed E-state index contributed by atoms with van der Waals surface area (Å²) >= 11 is 6.06. The van der Waals surface area contributed by atoms with E-state index in [1.54, 1.807) is 10.9 Å². The summed E-state index contributed by atoms with van der Waals surface area (Å²) < 4.78 is 1.80. The Balaban J connectivity index is 2.35. The van der Waals surface area contributed by atoms with Gasteiger partial charge in [-0.05, 0) is 30.5 Å². The standard InChI is InChI=1S/C17H22ClN3O/c1-4-5-9-19-17(22)15-11-20-21(16(15)12(2)3)14-8-6-7-13(18)10-14/h6-8,10-12H,4-5,9H2,1-3H3,(H,19,22). The van der Waals surface area contributed by atoms with Crippen LogP contribution in [-0.2, 0) is 0 Å². The van der Waals surface area contributed by atoms with Gasteiger partial charge in [0.25, 0.3) is 5.91 Å². The highest BCUT2D eigenvalue weighted by Crippen LogP contribution is 2.24. The van der Waals surface area contributed by atoms with Crippen LogP contribution in [0.2, 0.25) is 5.02 Å². The molecule has 0 aliphatic rings. The fourth-order valence-electron chi connectivity index (χ4n) is 2.38. The number of unbranched alkanes of at least 4 members (excludes halogenated alkanes) is 1. The van der Waals surface area contributed by atoms with Crippen LogP contribution >= 0.6 is 11.6 Å². The third-order valence-electron chi connectivity index (χ3n) is 3.47. The summed E-state index contributed by atoms with van der Waals surface area (Å²) in [6, 6.07) is 7.48. The zero-order valence-corrected chi connectivity index (χ0v) is 14.0. The Morgan fingerprint density at radius 3 is 2.82 bits per heavy atom. The molecule has 118 valence electrons. The van der Waals surface area contributed by atoms with E-state index in [-0.39, 0.29) is 11.8 Å². The Morgan fingerprint density at radius 2 is 2.18 bits per heavy atom. The molecule has 0 saturated heterocycles. The van der Waals surface area contributed by atoms with E-state index in [2.05, 4.69) is 31.2 Å². The maximum Gasteiger partial charge on any atom is 0.254 e. The third kappa shape index (κ3) is 3.69. The molecule has 1 aromatic heterocycles. The number of halogens is 1. The van der Waals surface area contributed by atoms with Crippen molar-refractivity contribution in [3.63, 3.8) is 0 Å². The van der Waals surface area contributed by atoms with Crippen molar-refractivity contribution in [2.45, 2.75) is 39.5 Å². The van der Waals surface area contributed by atoms with Gasteiger partial charge in [0, 0.05) is 11.6 Å². The van der Waals surface area contributed by atoms with E-state index in [0.29, 0.717) is 17.1 Å². The highest BCUT2D eigenvalue weighted by molar-refractivity contribution is 6.30. The first-order valence-electron chi connectivity index (χ1n) is 7.66. The number of nitrogens with zero attached hydrogens (tertiary/aromatic N) is 2. The molecule has 5 heteroatoms. The van der Waals surface area contributed by atoms with Crippen LogP contribution in [0.25, 0.3) is 5.69 Å². The van der Waals surface area contributed by atoms with Crippen molar-refractivity contribution < 1.29 is 4.79 Å². The summed E-state index contributed by atoms with van der Waals surface area (Å²) in [4.78, 5) is 12.4. The van der Waals surface area contributed by atoms with Crippen molar-refractivity contribution in [1.82, 2.24) is 15.1 Å². The van der Waals surface area contributed by atoms with Crippen LogP contribution in [-0.4, -0.2) is 22.2 Å². The van der Waals surface area contributed by atoms with E-state index < -0.39 is 0 Å². The summed E-state index contributed by atoms with van der Waals surface area (Å²) in [6.45, 7) is 6.90. The number of hydrogen-bond acceptors (Lipinski definition) is 2. The van der Waals surface area contributed by atoms with Crippen LogP contribution in [0.1, 0.15) is 55.6 Å². The maximum atomic E-state index is 12.4. The molecule has 2 aromatic rings. The molecule has 1 heterocycles. The quantitative estimate of drug-likeness (QED) is 0.812. The number of rotatable bonds is 6. The number of carbonyl (C=O) groups is 1. The zero-order valence-electron chi connectivity index (χ0n) is 13.3. The van der Waals surface area contributed by atoms with Crippen LogP contribution < -0.4 is 5.32 Å². The molecule has 2 rings (SSSR count). The molecule has 0 unspecified atom stereocenters. The number of aromatic nitrogens is 2. The van der Waals surface area contributed by atoms with Gasteiger partial charge in [-0.3, -0.25) is 4.79 Å². The van der Waals surface area contributed by atoms with Gasteiger partial charge in [-0.15, -0.1) is 0 Å². The van der Waals surface area contributed by atoms with Crippen LogP contribution in [0.15, 0.2) is 30.5 Å². The Kier molecular flexibility index (Phi) is 5.61. The smallest absolute Gasteiger partial charge is 0.254 e. The summed E-state index contributed by atoms with van der Waals surface area (Å²) in [5.74, 6) is 0.110. The van der Waals surface area contributed by atoms with Gasteiger partial charge in [0.1, 0.15) is 0 Å². The zero-order chi connectivity index (χ0) is 16.1. The Labute approximate surface area is 136 Å². The number of hydrogen-bond donors (Lipinski definition) is 1. The van der Waals surface area contributed by atoms with Crippen LogP contribution in [0, 0.1) is 0 Å². The average Bonchev–Trinajstić information content (AvgIpc) is 2.92. The number of nitrogens with one attached hydrogen (secondary N) is 1. The molecular weight excluding hydrogens is 298 g/mol. The molecule has 0 atom stereocenters. The summed E-state index contributed by atoms with van der Waals surface area (Å²) in [5, 5.41) is 8.00. The van der Waals surface area contributed by atoms with E-state index in [1.165, 1.54) is 0 Å². The topological polar surface area (TPSA) is 46.9 Å². The third-order valence-corrected chi connectivity index (χ3v) is 3.70. The van der Waals surface area contributed by atoms with Crippen LogP contribution in [0.4, 0.5) is 0 Å². The van der Waals surface area contributed by atoms with E-state index in [4.69, 9.17) is 11.6 Å². The lowest BCUT2D eigenvalue weighted by Crippen LogP contribution is -2.25. The normalized spacial score (nSPS) is 11.0. The number of amides is 1. The van der Waals surface area contributed by atoms with E-state index in [0.717, 1.165) is 24.2 Å². The molecule has 22 heavy (non-hydrogen) atoms. The van der Waals surface area contributed by atoms with Crippen molar-refractivity contribution >= 4 is 17.5 Å². The first-order valence-corrected chi connectivity index (χ1v) is 8.04. The van der Waals surface area contributed by atoms with E-state index in [9.17, 15) is 4.79 Å². The first-order chi connectivity index (χ1) is 10.5. The van der Waals surface area contributed by atoms with Crippen molar-refractivity contribution in [3.8, 4) is 5.69 Å². The summed E-state index contributed by atoms with van der Waals surface area (Å²) in [5.41, 5.74) is 2.39. The summed E-state index contributed by atoms with van der Waals surface area (Å²) in [7, 11) is 0. The van der Waals surface area contributed by atoms with E-state index >= 15 is 0 Å². The molecule has 1 N–H and O–H groups in total. The van der Waals surface area contributed by atoms with Gasteiger partial charge in [-0.25, -0.2) is 4.68 Å². The van der Waals surface area contributed by atoms with Gasteiger partial charge in [-0.1, -0.05) is 44.9 Å². The van der Waals surface area contributed by atoms with Gasteiger partial charge in [0.05, 0.1) is 23.1 Å².